The van der Waals surface area contributed by atoms with Gasteiger partial charge in [-0.25, -0.2) is 0 Å². The first kappa shape index (κ1) is 10.6. The highest BCUT2D eigenvalue weighted by atomic mass is 16.5. The van der Waals surface area contributed by atoms with E-state index < -0.39 is 0 Å². The van der Waals surface area contributed by atoms with Crippen LogP contribution in [-0.2, 0) is 9.53 Å². The second kappa shape index (κ2) is 3.73. The Morgan fingerprint density at radius 3 is 2.56 bits per heavy atom. The van der Waals surface area contributed by atoms with Crippen LogP contribution in [0.15, 0.2) is 0 Å². The van der Waals surface area contributed by atoms with Gasteiger partial charge in [-0.2, -0.15) is 0 Å². The van der Waals surface area contributed by atoms with E-state index in [2.05, 4.69) is 12.2 Å². The van der Waals surface area contributed by atoms with Crippen molar-refractivity contribution in [2.45, 2.75) is 44.7 Å². The largest absolute Gasteiger partial charge is 0.469 e. The van der Waals surface area contributed by atoms with E-state index in [-0.39, 0.29) is 12.0 Å². The van der Waals surface area contributed by atoms with E-state index in [0.717, 1.165) is 23.7 Å². The van der Waals surface area contributed by atoms with Crippen LogP contribution in [0, 0.1) is 23.7 Å². The van der Waals surface area contributed by atoms with Crippen molar-refractivity contribution in [1.82, 2.24) is 5.32 Å². The van der Waals surface area contributed by atoms with Crippen LogP contribution in [0.3, 0.4) is 0 Å². The molecule has 0 aromatic heterocycles. The summed E-state index contributed by atoms with van der Waals surface area (Å²) >= 11 is 0. The monoisotopic (exact) mass is 223 g/mol. The smallest absolute Gasteiger partial charge is 0.307 e. The highest BCUT2D eigenvalue weighted by molar-refractivity contribution is 5.69. The molecule has 0 radical (unpaired) electrons. The average Bonchev–Trinajstić information content (AvgIpc) is 2.69. The van der Waals surface area contributed by atoms with Crippen LogP contribution in [0.2, 0.25) is 0 Å². The SMILES string of the molecule is COC(=O)CC(C)NC1C2C3CCC(C3)C12. The van der Waals surface area contributed by atoms with Gasteiger partial charge in [0.1, 0.15) is 0 Å². The Hall–Kier alpha value is -0.570. The van der Waals surface area contributed by atoms with E-state index in [1.54, 1.807) is 0 Å². The highest BCUT2D eigenvalue weighted by Gasteiger charge is 2.64. The predicted octanol–water partition coefficient (Wildman–Crippen LogP) is 1.57. The third-order valence-corrected chi connectivity index (χ3v) is 4.91. The van der Waals surface area contributed by atoms with Crippen molar-refractivity contribution in [3.05, 3.63) is 0 Å². The fraction of sp³-hybridized carbons (Fsp3) is 0.923. The topological polar surface area (TPSA) is 38.3 Å². The molecule has 3 aliphatic rings. The van der Waals surface area contributed by atoms with Gasteiger partial charge in [-0.15, -0.1) is 0 Å². The second-order valence-corrected chi connectivity index (χ2v) is 5.86. The van der Waals surface area contributed by atoms with Gasteiger partial charge in [0, 0.05) is 12.1 Å². The lowest BCUT2D eigenvalue weighted by molar-refractivity contribution is -0.141. The Labute approximate surface area is 96.9 Å². The first-order chi connectivity index (χ1) is 7.70. The van der Waals surface area contributed by atoms with Gasteiger partial charge in [-0.05, 0) is 49.9 Å². The lowest BCUT2D eigenvalue weighted by Crippen LogP contribution is -2.33. The number of nitrogens with one attached hydrogen (secondary N) is 1. The minimum absolute atomic E-state index is 0.103. The Balaban J connectivity index is 1.49. The molecule has 3 heteroatoms. The molecule has 3 nitrogen and oxygen atoms in total. The lowest BCUT2D eigenvalue weighted by Gasteiger charge is -2.15. The summed E-state index contributed by atoms with van der Waals surface area (Å²) in [6.45, 7) is 2.09. The van der Waals surface area contributed by atoms with Crippen LogP contribution in [0.25, 0.3) is 0 Å². The van der Waals surface area contributed by atoms with Crippen LogP contribution < -0.4 is 5.32 Å². The van der Waals surface area contributed by atoms with E-state index in [0.29, 0.717) is 12.5 Å². The van der Waals surface area contributed by atoms with Gasteiger partial charge in [0.15, 0.2) is 0 Å². The maximum atomic E-state index is 11.1. The van der Waals surface area contributed by atoms with Gasteiger partial charge in [-0.1, -0.05) is 0 Å². The fourth-order valence-electron chi connectivity index (χ4n) is 4.27. The van der Waals surface area contributed by atoms with E-state index in [4.69, 9.17) is 4.74 Å². The fourth-order valence-corrected chi connectivity index (χ4v) is 4.27. The predicted molar refractivity (Wildman–Crippen MR) is 60.8 cm³/mol. The van der Waals surface area contributed by atoms with Gasteiger partial charge in [0.25, 0.3) is 0 Å². The molecule has 5 unspecified atom stereocenters. The number of carbonyl (C=O) groups is 1. The standard InChI is InChI=1S/C13H21NO2/c1-7(5-10(15)16-2)14-13-11-8-3-4-9(6-8)12(11)13/h7-9,11-14H,3-6H2,1-2H3. The summed E-state index contributed by atoms with van der Waals surface area (Å²) in [6.07, 6.45) is 4.89. The average molecular weight is 223 g/mol. The van der Waals surface area contributed by atoms with Gasteiger partial charge < -0.3 is 10.1 Å². The number of carbonyl (C=O) groups excluding carboxylic acids is 1. The highest BCUT2D eigenvalue weighted by Crippen LogP contribution is 2.65. The summed E-state index contributed by atoms with van der Waals surface area (Å²) in [7, 11) is 1.46. The van der Waals surface area contributed by atoms with E-state index in [1.165, 1.54) is 26.4 Å². The van der Waals surface area contributed by atoms with Crippen LogP contribution in [0.4, 0.5) is 0 Å². The van der Waals surface area contributed by atoms with Crippen molar-refractivity contribution in [2.24, 2.45) is 23.7 Å². The summed E-state index contributed by atoms with van der Waals surface area (Å²) in [4.78, 5) is 11.1. The zero-order valence-corrected chi connectivity index (χ0v) is 10.1. The van der Waals surface area contributed by atoms with Crippen molar-refractivity contribution in [3.63, 3.8) is 0 Å². The number of hydrogen-bond acceptors (Lipinski definition) is 3. The molecule has 0 amide bonds. The van der Waals surface area contributed by atoms with Crippen LogP contribution >= 0.6 is 0 Å². The molecule has 0 aromatic carbocycles. The number of hydrogen-bond donors (Lipinski definition) is 1. The molecule has 0 spiro atoms. The molecule has 3 fully saturated rings. The summed E-state index contributed by atoms with van der Waals surface area (Å²) in [5.41, 5.74) is 0. The first-order valence-corrected chi connectivity index (χ1v) is 6.53. The minimum atomic E-state index is -0.103. The van der Waals surface area contributed by atoms with Gasteiger partial charge in [0.05, 0.1) is 13.5 Å². The third kappa shape index (κ3) is 1.56. The van der Waals surface area contributed by atoms with Crippen molar-refractivity contribution < 1.29 is 9.53 Å². The third-order valence-electron chi connectivity index (χ3n) is 4.91. The van der Waals surface area contributed by atoms with Crippen LogP contribution in [0.1, 0.15) is 32.6 Å². The number of fused-ring (bicyclic) bond motifs is 5. The molecular formula is C13H21NO2. The Morgan fingerprint density at radius 2 is 2.00 bits per heavy atom. The number of methoxy groups -OCH3 is 1. The molecule has 0 aromatic rings. The molecule has 0 heterocycles. The second-order valence-electron chi connectivity index (χ2n) is 5.86. The molecule has 5 atom stereocenters. The molecule has 3 aliphatic carbocycles. The normalized spacial score (nSPS) is 45.2. The van der Waals surface area contributed by atoms with Crippen molar-refractivity contribution in [3.8, 4) is 0 Å². The number of esters is 1. The molecule has 0 saturated heterocycles. The maximum absolute atomic E-state index is 11.1. The lowest BCUT2D eigenvalue weighted by atomic mass is 10.0. The minimum Gasteiger partial charge on any atom is -0.469 e. The van der Waals surface area contributed by atoms with Gasteiger partial charge in [0.2, 0.25) is 0 Å². The Kier molecular flexibility index (Phi) is 2.46. The number of rotatable bonds is 4. The van der Waals surface area contributed by atoms with Gasteiger partial charge in [-0.3, -0.25) is 4.79 Å². The van der Waals surface area contributed by atoms with Crippen LogP contribution in [-0.4, -0.2) is 25.2 Å². The number of ether oxygens (including phenoxy) is 1. The van der Waals surface area contributed by atoms with Crippen molar-refractivity contribution in [2.75, 3.05) is 7.11 Å². The molecule has 3 saturated carbocycles. The van der Waals surface area contributed by atoms with E-state index >= 15 is 0 Å². The van der Waals surface area contributed by atoms with Crippen molar-refractivity contribution in [1.29, 1.82) is 0 Å². The molecule has 0 aliphatic heterocycles. The summed E-state index contributed by atoms with van der Waals surface area (Å²) in [5, 5.41) is 3.62. The Bertz CT molecular complexity index is 288. The van der Waals surface area contributed by atoms with Crippen LogP contribution in [0.5, 0.6) is 0 Å². The molecule has 16 heavy (non-hydrogen) atoms. The van der Waals surface area contributed by atoms with E-state index in [9.17, 15) is 4.79 Å². The molecule has 1 N–H and O–H groups in total. The quantitative estimate of drug-likeness (QED) is 0.735. The molecule has 3 rings (SSSR count). The zero-order valence-electron chi connectivity index (χ0n) is 10.1. The molecule has 2 bridgehead atoms. The summed E-state index contributed by atoms with van der Waals surface area (Å²) in [5.74, 6) is 3.78. The van der Waals surface area contributed by atoms with E-state index in [1.807, 2.05) is 0 Å². The van der Waals surface area contributed by atoms with Gasteiger partial charge >= 0.3 is 5.97 Å². The Morgan fingerprint density at radius 1 is 1.38 bits per heavy atom. The van der Waals surface area contributed by atoms with Crippen molar-refractivity contribution >= 4 is 5.97 Å². The molecular weight excluding hydrogens is 202 g/mol. The summed E-state index contributed by atoms with van der Waals surface area (Å²) < 4.78 is 4.69. The first-order valence-electron chi connectivity index (χ1n) is 6.53. The summed E-state index contributed by atoms with van der Waals surface area (Å²) in [6, 6.07) is 0.980. The molecule has 90 valence electrons. The maximum Gasteiger partial charge on any atom is 0.307 e. The zero-order chi connectivity index (χ0) is 11.3.